The van der Waals surface area contributed by atoms with Crippen LogP contribution in [0.5, 0.6) is 11.5 Å². The number of benzene rings is 3. The summed E-state index contributed by atoms with van der Waals surface area (Å²) in [6.07, 6.45) is 0. The maximum absolute atomic E-state index is 11.2. The lowest BCUT2D eigenvalue weighted by molar-refractivity contribution is 0.0697. The number of hydrogen-bond acceptors (Lipinski definition) is 7. The van der Waals surface area contributed by atoms with E-state index < -0.39 is 5.97 Å². The van der Waals surface area contributed by atoms with E-state index in [-0.39, 0.29) is 5.56 Å². The first-order valence-corrected chi connectivity index (χ1v) is 11.6. The number of rotatable bonds is 5. The molecular weight excluding hydrogens is 450 g/mol. The second-order valence-corrected chi connectivity index (χ2v) is 8.92. The van der Waals surface area contributed by atoms with Gasteiger partial charge in [0.15, 0.2) is 17.3 Å². The van der Waals surface area contributed by atoms with Crippen LogP contribution in [-0.2, 0) is 6.54 Å². The second kappa shape index (κ2) is 8.31. The fourth-order valence-corrected chi connectivity index (χ4v) is 5.10. The number of ether oxygens (including phenoxy) is 2. The van der Waals surface area contributed by atoms with E-state index in [9.17, 15) is 9.90 Å². The number of hydrogen-bond donors (Lipinski definition) is 2. The molecule has 0 spiro atoms. The number of fused-ring (bicyclic) bond motifs is 4. The lowest BCUT2D eigenvalue weighted by Gasteiger charge is -2.19. The van der Waals surface area contributed by atoms with Crippen LogP contribution in [0.25, 0.3) is 31.7 Å². The van der Waals surface area contributed by atoms with Crippen molar-refractivity contribution in [2.45, 2.75) is 6.54 Å². The van der Waals surface area contributed by atoms with Crippen LogP contribution in [0.1, 0.15) is 15.9 Å². The first kappa shape index (κ1) is 20.4. The zero-order chi connectivity index (χ0) is 23.1. The molecular formula is C26H19N3O4S. The van der Waals surface area contributed by atoms with Crippen molar-refractivity contribution in [3.05, 3.63) is 77.9 Å². The topological polar surface area (TPSA) is 93.6 Å². The Morgan fingerprint density at radius 1 is 0.971 bits per heavy atom. The van der Waals surface area contributed by atoms with Crippen LogP contribution in [0.3, 0.4) is 0 Å². The van der Waals surface area contributed by atoms with Gasteiger partial charge < -0.3 is 19.9 Å². The molecule has 1 aliphatic heterocycles. The van der Waals surface area contributed by atoms with Crippen LogP contribution in [0, 0.1) is 0 Å². The molecule has 0 unspecified atom stereocenters. The highest BCUT2D eigenvalue weighted by Gasteiger charge is 2.17. The van der Waals surface area contributed by atoms with Gasteiger partial charge in [-0.15, -0.1) is 11.3 Å². The maximum Gasteiger partial charge on any atom is 0.335 e. The quantitative estimate of drug-likeness (QED) is 0.346. The van der Waals surface area contributed by atoms with Crippen molar-refractivity contribution in [1.82, 2.24) is 9.97 Å². The van der Waals surface area contributed by atoms with Gasteiger partial charge in [-0.05, 0) is 35.9 Å². The minimum atomic E-state index is -0.964. The second-order valence-electron chi connectivity index (χ2n) is 7.89. The van der Waals surface area contributed by atoms with Crippen LogP contribution >= 0.6 is 11.3 Å². The Kier molecular flexibility index (Phi) is 5.00. The number of carboxylic acids is 1. The summed E-state index contributed by atoms with van der Waals surface area (Å²) >= 11 is 1.61. The van der Waals surface area contributed by atoms with Gasteiger partial charge in [0.05, 0.1) is 10.9 Å². The fraction of sp³-hybridized carbons (Fsp3) is 0.115. The Hall–Kier alpha value is -4.17. The number of nitrogens with one attached hydrogen (secondary N) is 1. The fourth-order valence-electron chi connectivity index (χ4n) is 4.03. The Morgan fingerprint density at radius 2 is 1.76 bits per heavy atom. The number of aromatic carboxylic acids is 1. The SMILES string of the molecule is O=C(O)c1ccc(-c2nc(NCc3ccc4c(c3)OCCO4)c3c(n2)sc2ccccc23)cc1. The molecule has 0 saturated carbocycles. The number of nitrogens with zero attached hydrogens (tertiary/aromatic N) is 2. The van der Waals surface area contributed by atoms with Gasteiger partial charge in [-0.1, -0.05) is 36.4 Å². The minimum absolute atomic E-state index is 0.226. The van der Waals surface area contributed by atoms with Gasteiger partial charge in [-0.25, -0.2) is 14.8 Å². The third kappa shape index (κ3) is 3.68. The largest absolute Gasteiger partial charge is 0.486 e. The molecule has 2 N–H and O–H groups in total. The first-order chi connectivity index (χ1) is 16.7. The molecule has 34 heavy (non-hydrogen) atoms. The summed E-state index contributed by atoms with van der Waals surface area (Å²) in [5.41, 5.74) is 2.03. The van der Waals surface area contributed by atoms with Crippen LogP contribution in [-0.4, -0.2) is 34.3 Å². The molecule has 0 aliphatic carbocycles. The van der Waals surface area contributed by atoms with Gasteiger partial charge in [-0.2, -0.15) is 0 Å². The molecule has 0 atom stereocenters. The third-order valence-electron chi connectivity index (χ3n) is 5.70. The molecule has 8 heteroatoms. The molecule has 2 aromatic heterocycles. The van der Waals surface area contributed by atoms with Crippen molar-refractivity contribution in [1.29, 1.82) is 0 Å². The Balaban J connectivity index is 1.41. The predicted molar refractivity (Wildman–Crippen MR) is 132 cm³/mol. The summed E-state index contributed by atoms with van der Waals surface area (Å²) in [6.45, 7) is 1.65. The molecule has 6 rings (SSSR count). The van der Waals surface area contributed by atoms with E-state index in [0.717, 1.165) is 48.7 Å². The molecule has 5 aromatic rings. The third-order valence-corrected chi connectivity index (χ3v) is 6.76. The lowest BCUT2D eigenvalue weighted by Crippen LogP contribution is -2.15. The van der Waals surface area contributed by atoms with E-state index in [1.165, 1.54) is 0 Å². The molecule has 3 heterocycles. The molecule has 0 fully saturated rings. The average molecular weight is 470 g/mol. The number of anilines is 1. The molecule has 0 saturated heterocycles. The summed E-state index contributed by atoms with van der Waals surface area (Å²) in [4.78, 5) is 21.8. The van der Waals surface area contributed by atoms with Crippen molar-refractivity contribution in [2.75, 3.05) is 18.5 Å². The Morgan fingerprint density at radius 3 is 2.59 bits per heavy atom. The summed E-state index contributed by atoms with van der Waals surface area (Å²) in [7, 11) is 0. The van der Waals surface area contributed by atoms with E-state index in [1.54, 1.807) is 35.6 Å². The molecule has 0 bridgehead atoms. The van der Waals surface area contributed by atoms with Crippen molar-refractivity contribution < 1.29 is 19.4 Å². The van der Waals surface area contributed by atoms with Gasteiger partial charge in [0.1, 0.15) is 23.9 Å². The van der Waals surface area contributed by atoms with E-state index in [0.29, 0.717) is 25.6 Å². The van der Waals surface area contributed by atoms with E-state index in [2.05, 4.69) is 17.4 Å². The van der Waals surface area contributed by atoms with Gasteiger partial charge >= 0.3 is 5.97 Å². The first-order valence-electron chi connectivity index (χ1n) is 10.8. The number of thiophene rings is 1. The predicted octanol–water partition coefficient (Wildman–Crippen LogP) is 5.59. The molecule has 0 radical (unpaired) electrons. The Labute approximate surface area is 198 Å². The number of carboxylic acid groups (broad SMARTS) is 1. The van der Waals surface area contributed by atoms with E-state index in [1.807, 2.05) is 30.3 Å². The lowest BCUT2D eigenvalue weighted by atomic mass is 10.1. The van der Waals surface area contributed by atoms with Crippen molar-refractivity contribution >= 4 is 43.4 Å². The van der Waals surface area contributed by atoms with Gasteiger partial charge in [0.25, 0.3) is 0 Å². The molecule has 3 aromatic carbocycles. The van der Waals surface area contributed by atoms with Gasteiger partial charge in [-0.3, -0.25) is 0 Å². The molecule has 1 aliphatic rings. The standard InChI is InChI=1S/C26H19N3O4S/c30-26(31)17-8-6-16(7-9-17)23-28-24(22-18-3-1-2-4-21(18)34-25(22)29-23)27-14-15-5-10-19-20(13-15)33-12-11-32-19/h1-10,13H,11-12,14H2,(H,30,31)(H,27,28,29). The smallest absolute Gasteiger partial charge is 0.335 e. The van der Waals surface area contributed by atoms with Crippen molar-refractivity contribution in [2.24, 2.45) is 0 Å². The van der Waals surface area contributed by atoms with Gasteiger partial charge in [0.2, 0.25) is 0 Å². The summed E-state index contributed by atoms with van der Waals surface area (Å²) in [5, 5.41) is 14.8. The van der Waals surface area contributed by atoms with E-state index in [4.69, 9.17) is 19.4 Å². The normalized spacial score (nSPS) is 12.7. The maximum atomic E-state index is 11.2. The van der Waals surface area contributed by atoms with Crippen LogP contribution in [0.15, 0.2) is 66.7 Å². The highest BCUT2D eigenvalue weighted by atomic mass is 32.1. The van der Waals surface area contributed by atoms with Gasteiger partial charge in [0, 0.05) is 22.2 Å². The molecule has 7 nitrogen and oxygen atoms in total. The minimum Gasteiger partial charge on any atom is -0.486 e. The summed E-state index contributed by atoms with van der Waals surface area (Å²) < 4.78 is 12.5. The average Bonchev–Trinajstić information content (AvgIpc) is 3.26. The monoisotopic (exact) mass is 469 g/mol. The van der Waals surface area contributed by atoms with Crippen LogP contribution < -0.4 is 14.8 Å². The molecule has 168 valence electrons. The number of carbonyl (C=O) groups is 1. The van der Waals surface area contributed by atoms with Crippen LogP contribution in [0.4, 0.5) is 5.82 Å². The summed E-state index contributed by atoms with van der Waals surface area (Å²) in [6, 6.07) is 20.7. The zero-order valence-corrected chi connectivity index (χ0v) is 18.8. The zero-order valence-electron chi connectivity index (χ0n) is 17.9. The van der Waals surface area contributed by atoms with E-state index >= 15 is 0 Å². The van der Waals surface area contributed by atoms with Crippen molar-refractivity contribution in [3.63, 3.8) is 0 Å². The van der Waals surface area contributed by atoms with Crippen molar-refractivity contribution in [3.8, 4) is 22.9 Å². The molecule has 0 amide bonds. The highest BCUT2D eigenvalue weighted by molar-refractivity contribution is 7.25. The summed E-state index contributed by atoms with van der Waals surface area (Å²) in [5.74, 6) is 1.82. The van der Waals surface area contributed by atoms with Crippen LogP contribution in [0.2, 0.25) is 0 Å². The Bertz CT molecular complexity index is 1550. The number of aromatic nitrogens is 2. The highest BCUT2D eigenvalue weighted by Crippen LogP contribution is 2.38.